The minimum Gasteiger partial charge on any atom is -0.467 e. The molecular formula is C32H38N2O6. The highest BCUT2D eigenvalue weighted by Crippen LogP contribution is 2.17. The summed E-state index contributed by atoms with van der Waals surface area (Å²) in [6.45, 7) is 2.74. The average Bonchev–Trinajstić information content (AvgIpc) is 2.99. The molecule has 8 heteroatoms. The average molecular weight is 547 g/mol. The minimum atomic E-state index is -1.59. The summed E-state index contributed by atoms with van der Waals surface area (Å²) in [4.78, 5) is 38.0. The quantitative estimate of drug-likeness (QED) is 0.154. The number of rotatable bonds is 16. The summed E-state index contributed by atoms with van der Waals surface area (Å²) in [5.74, 6) is -1.54. The van der Waals surface area contributed by atoms with Crippen molar-refractivity contribution in [3.8, 4) is 5.75 Å². The lowest BCUT2D eigenvalue weighted by atomic mass is 10.0. The Balaban J connectivity index is 1.57. The molecule has 0 saturated heterocycles. The van der Waals surface area contributed by atoms with E-state index in [0.717, 1.165) is 36.0 Å². The summed E-state index contributed by atoms with van der Waals surface area (Å²) < 4.78 is 16.5. The predicted molar refractivity (Wildman–Crippen MR) is 152 cm³/mol. The lowest BCUT2D eigenvalue weighted by Gasteiger charge is -2.18. The number of esters is 2. The van der Waals surface area contributed by atoms with Gasteiger partial charge in [-0.25, -0.2) is 9.59 Å². The number of nitrogens with two attached hydrogens (primary N) is 1. The number of hydrogen-bond acceptors (Lipinski definition) is 7. The van der Waals surface area contributed by atoms with Crippen LogP contribution in [0, 0.1) is 0 Å². The fourth-order valence-electron chi connectivity index (χ4n) is 3.84. The van der Waals surface area contributed by atoms with E-state index in [1.807, 2.05) is 72.8 Å². The number of carbonyl (C=O) groups excluding carboxylic acids is 3. The standard InChI is InChI=1S/C32H38N2O6/c1-2-3-10-21-34-30(35)28(33)20-17-24-15-18-27(19-16-24)40-29(31(36)38-22-25-11-6-4-7-12-25)32(37)39-23-26-13-8-5-9-14-26/h4-9,11-16,18-19,28-29H,2-3,10,17,20-23,33H2,1H3,(H,34,35). The van der Waals surface area contributed by atoms with Gasteiger partial charge in [0, 0.05) is 6.54 Å². The Hall–Kier alpha value is -4.17. The summed E-state index contributed by atoms with van der Waals surface area (Å²) in [6, 6.07) is 24.7. The zero-order chi connectivity index (χ0) is 28.6. The maximum Gasteiger partial charge on any atom is 0.359 e. The Morgan fingerprint density at radius 3 is 1.82 bits per heavy atom. The highest BCUT2D eigenvalue weighted by atomic mass is 16.6. The van der Waals surface area contributed by atoms with Crippen molar-refractivity contribution in [2.24, 2.45) is 5.73 Å². The molecule has 1 unspecified atom stereocenters. The Bertz CT molecular complexity index is 1130. The molecule has 0 aliphatic rings. The number of unbranched alkanes of at least 4 members (excludes halogenated alkanes) is 2. The maximum atomic E-state index is 12.9. The number of amides is 1. The summed E-state index contributed by atoms with van der Waals surface area (Å²) in [5, 5.41) is 2.88. The van der Waals surface area contributed by atoms with Gasteiger partial charge < -0.3 is 25.3 Å². The van der Waals surface area contributed by atoms with E-state index in [-0.39, 0.29) is 19.1 Å². The van der Waals surface area contributed by atoms with Crippen molar-refractivity contribution in [1.29, 1.82) is 0 Å². The van der Waals surface area contributed by atoms with E-state index in [0.29, 0.717) is 25.1 Å². The normalized spacial score (nSPS) is 11.5. The van der Waals surface area contributed by atoms with Gasteiger partial charge in [-0.15, -0.1) is 0 Å². The Morgan fingerprint density at radius 1 is 0.750 bits per heavy atom. The largest absolute Gasteiger partial charge is 0.467 e. The first-order valence-electron chi connectivity index (χ1n) is 13.7. The molecule has 3 aromatic carbocycles. The van der Waals surface area contributed by atoms with Crippen molar-refractivity contribution in [1.82, 2.24) is 5.32 Å². The highest BCUT2D eigenvalue weighted by Gasteiger charge is 2.32. The summed E-state index contributed by atoms with van der Waals surface area (Å²) >= 11 is 0. The van der Waals surface area contributed by atoms with Crippen LogP contribution in [-0.2, 0) is 43.5 Å². The zero-order valence-corrected chi connectivity index (χ0v) is 22.9. The summed E-state index contributed by atoms with van der Waals surface area (Å²) in [6.07, 6.45) is 2.58. The molecule has 0 aromatic heterocycles. The summed E-state index contributed by atoms with van der Waals surface area (Å²) in [5.41, 5.74) is 8.55. The van der Waals surface area contributed by atoms with Gasteiger partial charge in [0.2, 0.25) is 5.91 Å². The van der Waals surface area contributed by atoms with Gasteiger partial charge in [0.25, 0.3) is 6.10 Å². The van der Waals surface area contributed by atoms with Crippen LogP contribution in [0.2, 0.25) is 0 Å². The third kappa shape index (κ3) is 10.5. The smallest absolute Gasteiger partial charge is 0.359 e. The molecule has 1 amide bonds. The number of benzene rings is 3. The van der Waals surface area contributed by atoms with E-state index in [9.17, 15) is 14.4 Å². The minimum absolute atomic E-state index is 0.00310. The van der Waals surface area contributed by atoms with E-state index in [2.05, 4.69) is 12.2 Å². The third-order valence-corrected chi connectivity index (χ3v) is 6.21. The van der Waals surface area contributed by atoms with Gasteiger partial charge in [0.05, 0.1) is 6.04 Å². The lowest BCUT2D eigenvalue weighted by Crippen LogP contribution is -2.41. The molecule has 0 radical (unpaired) electrons. The Morgan fingerprint density at radius 2 is 1.30 bits per heavy atom. The number of hydrogen-bond donors (Lipinski definition) is 2. The van der Waals surface area contributed by atoms with Crippen LogP contribution in [0.15, 0.2) is 84.9 Å². The molecular weight excluding hydrogens is 508 g/mol. The molecule has 3 N–H and O–H groups in total. The van der Waals surface area contributed by atoms with E-state index < -0.39 is 24.1 Å². The molecule has 212 valence electrons. The molecule has 0 heterocycles. The van der Waals surface area contributed by atoms with Crippen LogP contribution in [0.5, 0.6) is 5.75 Å². The highest BCUT2D eigenvalue weighted by molar-refractivity contribution is 5.98. The second-order valence-electron chi connectivity index (χ2n) is 9.47. The van der Waals surface area contributed by atoms with Gasteiger partial charge in [0.1, 0.15) is 19.0 Å². The van der Waals surface area contributed by atoms with Gasteiger partial charge >= 0.3 is 11.9 Å². The van der Waals surface area contributed by atoms with Gasteiger partial charge in [-0.2, -0.15) is 0 Å². The molecule has 1 atom stereocenters. The Kier molecular flexibility index (Phi) is 12.7. The van der Waals surface area contributed by atoms with E-state index in [1.54, 1.807) is 12.1 Å². The van der Waals surface area contributed by atoms with E-state index in [1.165, 1.54) is 0 Å². The van der Waals surface area contributed by atoms with Gasteiger partial charge in [-0.3, -0.25) is 4.79 Å². The molecule has 8 nitrogen and oxygen atoms in total. The Labute approximate surface area is 235 Å². The van der Waals surface area contributed by atoms with Crippen molar-refractivity contribution in [2.75, 3.05) is 6.54 Å². The number of carbonyl (C=O) groups is 3. The fraction of sp³-hybridized carbons (Fsp3) is 0.344. The molecule has 0 saturated carbocycles. The van der Waals surface area contributed by atoms with Crippen molar-refractivity contribution in [3.05, 3.63) is 102 Å². The van der Waals surface area contributed by atoms with Crippen LogP contribution in [0.4, 0.5) is 0 Å². The summed E-state index contributed by atoms with van der Waals surface area (Å²) in [7, 11) is 0. The first kappa shape index (κ1) is 30.4. The molecule has 3 rings (SSSR count). The lowest BCUT2D eigenvalue weighted by molar-refractivity contribution is -0.168. The zero-order valence-electron chi connectivity index (χ0n) is 22.9. The van der Waals surface area contributed by atoms with Crippen LogP contribution in [0.1, 0.15) is 49.3 Å². The van der Waals surface area contributed by atoms with Crippen LogP contribution in [-0.4, -0.2) is 36.5 Å². The SMILES string of the molecule is CCCCCNC(=O)C(N)CCc1ccc(OC(C(=O)OCc2ccccc2)C(=O)OCc2ccccc2)cc1. The van der Waals surface area contributed by atoms with Crippen molar-refractivity contribution in [2.45, 2.75) is 64.4 Å². The predicted octanol–water partition coefficient (Wildman–Crippen LogP) is 4.49. The van der Waals surface area contributed by atoms with Crippen molar-refractivity contribution in [3.63, 3.8) is 0 Å². The molecule has 0 spiro atoms. The van der Waals surface area contributed by atoms with Crippen LogP contribution in [0.25, 0.3) is 0 Å². The van der Waals surface area contributed by atoms with E-state index in [4.69, 9.17) is 19.9 Å². The van der Waals surface area contributed by atoms with Crippen molar-refractivity contribution >= 4 is 17.8 Å². The van der Waals surface area contributed by atoms with E-state index >= 15 is 0 Å². The second kappa shape index (κ2) is 16.7. The molecule has 3 aromatic rings. The van der Waals surface area contributed by atoms with Gasteiger partial charge in [-0.1, -0.05) is 92.6 Å². The monoisotopic (exact) mass is 546 g/mol. The first-order valence-corrected chi connectivity index (χ1v) is 13.7. The number of nitrogens with one attached hydrogen (secondary N) is 1. The van der Waals surface area contributed by atoms with Crippen LogP contribution < -0.4 is 15.8 Å². The third-order valence-electron chi connectivity index (χ3n) is 6.21. The number of aryl methyl sites for hydroxylation is 1. The molecule has 0 aliphatic heterocycles. The first-order chi connectivity index (χ1) is 19.5. The number of ether oxygens (including phenoxy) is 3. The molecule has 0 fully saturated rings. The maximum absolute atomic E-state index is 12.9. The molecule has 0 aliphatic carbocycles. The van der Waals surface area contributed by atoms with Crippen molar-refractivity contribution < 1.29 is 28.6 Å². The molecule has 40 heavy (non-hydrogen) atoms. The second-order valence-corrected chi connectivity index (χ2v) is 9.47. The molecule has 0 bridgehead atoms. The fourth-order valence-corrected chi connectivity index (χ4v) is 3.84. The van der Waals surface area contributed by atoms with Crippen LogP contribution >= 0.6 is 0 Å². The van der Waals surface area contributed by atoms with Gasteiger partial charge in [0.15, 0.2) is 0 Å². The van der Waals surface area contributed by atoms with Crippen LogP contribution in [0.3, 0.4) is 0 Å². The topological polar surface area (TPSA) is 117 Å². The van der Waals surface area contributed by atoms with Gasteiger partial charge in [-0.05, 0) is 48.1 Å².